The van der Waals surface area contributed by atoms with Gasteiger partial charge in [0.2, 0.25) is 6.79 Å². The highest BCUT2D eigenvalue weighted by Crippen LogP contribution is 2.41. The van der Waals surface area contributed by atoms with Crippen LogP contribution in [0.2, 0.25) is 0 Å². The van der Waals surface area contributed by atoms with Crippen LogP contribution in [0.15, 0.2) is 23.3 Å². The number of hydrogen-bond donors (Lipinski definition) is 4. The van der Waals surface area contributed by atoms with Gasteiger partial charge in [0.25, 0.3) is 5.56 Å². The van der Waals surface area contributed by atoms with Crippen molar-refractivity contribution in [1.82, 2.24) is 20.0 Å². The van der Waals surface area contributed by atoms with E-state index in [2.05, 4.69) is 20.6 Å². The van der Waals surface area contributed by atoms with Crippen molar-refractivity contribution in [3.8, 4) is 0 Å². The molecule has 1 aliphatic rings. The summed E-state index contributed by atoms with van der Waals surface area (Å²) in [7, 11) is 0. The van der Waals surface area contributed by atoms with Crippen molar-refractivity contribution in [2.75, 3.05) is 18.7 Å². The Kier molecular flexibility index (Phi) is 7.35. The van der Waals surface area contributed by atoms with E-state index in [0.29, 0.717) is 10.8 Å². The molecule has 1 aliphatic heterocycles. The number of hydrogen-bond acceptors (Lipinski definition) is 12. The second-order valence-corrected chi connectivity index (χ2v) is 9.21. The molecule has 3 heterocycles. The number of esters is 2. The smallest absolute Gasteiger partial charge is 0.414 e. The van der Waals surface area contributed by atoms with Crippen LogP contribution in [-0.4, -0.2) is 79.4 Å². The first-order valence-corrected chi connectivity index (χ1v) is 11.6. The minimum Gasteiger partial charge on any atom is -0.456 e. The van der Waals surface area contributed by atoms with Gasteiger partial charge in [0.1, 0.15) is 17.2 Å². The summed E-state index contributed by atoms with van der Waals surface area (Å²) in [5.74, 6) is -1.64. The fraction of sp³-hybridized carbons (Fsp3) is 0.478. The highest BCUT2D eigenvalue weighted by atomic mass is 16.7. The molecule has 38 heavy (non-hydrogen) atoms. The van der Waals surface area contributed by atoms with Crippen LogP contribution in [0.4, 0.5) is 10.5 Å². The summed E-state index contributed by atoms with van der Waals surface area (Å²) < 4.78 is 22.0. The molecule has 15 heteroatoms. The number of rotatable bonds is 7. The van der Waals surface area contributed by atoms with Crippen LogP contribution in [0.3, 0.4) is 0 Å². The third-order valence-corrected chi connectivity index (χ3v) is 5.99. The lowest BCUT2D eigenvalue weighted by molar-refractivity contribution is -0.161. The van der Waals surface area contributed by atoms with E-state index in [0.717, 1.165) is 6.92 Å². The minimum atomic E-state index is -1.84. The summed E-state index contributed by atoms with van der Waals surface area (Å²) in [6.45, 7) is 4.61. The highest BCUT2D eigenvalue weighted by Gasteiger charge is 2.56. The summed E-state index contributed by atoms with van der Waals surface area (Å²) in [4.78, 5) is 48.2. The van der Waals surface area contributed by atoms with Gasteiger partial charge < -0.3 is 29.2 Å². The van der Waals surface area contributed by atoms with Crippen molar-refractivity contribution in [2.24, 2.45) is 5.92 Å². The van der Waals surface area contributed by atoms with Gasteiger partial charge in [-0.05, 0) is 13.0 Å². The first-order valence-electron chi connectivity index (χ1n) is 11.6. The van der Waals surface area contributed by atoms with Crippen LogP contribution >= 0.6 is 0 Å². The number of aromatic amines is 1. The molecular weight excluding hydrogens is 506 g/mol. The Bertz CT molecular complexity index is 1450. The number of aromatic nitrogens is 4. The Balaban J connectivity index is 1.73. The Hall–Kier alpha value is -4.08. The monoisotopic (exact) mass is 533 g/mol. The van der Waals surface area contributed by atoms with Crippen LogP contribution in [0, 0.1) is 5.92 Å². The maximum absolute atomic E-state index is 12.6. The van der Waals surface area contributed by atoms with E-state index < -0.39 is 66.9 Å². The summed E-state index contributed by atoms with van der Waals surface area (Å²) >= 11 is 0. The third kappa shape index (κ3) is 5.03. The van der Waals surface area contributed by atoms with Gasteiger partial charge in [-0.25, -0.2) is 14.6 Å². The molecule has 0 radical (unpaired) electrons. The number of carbonyl (C=O) groups is 3. The number of nitrogens with one attached hydrogen (secondary N) is 2. The molecular formula is C23H27N5O10. The lowest BCUT2D eigenvalue weighted by Gasteiger charge is -2.29. The predicted octanol–water partition coefficient (Wildman–Crippen LogP) is 0.550. The predicted molar refractivity (Wildman–Crippen MR) is 129 cm³/mol. The van der Waals surface area contributed by atoms with E-state index in [1.807, 2.05) is 0 Å². The zero-order valence-electron chi connectivity index (χ0n) is 21.0. The van der Waals surface area contributed by atoms with Crippen molar-refractivity contribution in [1.29, 1.82) is 0 Å². The van der Waals surface area contributed by atoms with Crippen LogP contribution in [0.1, 0.15) is 33.9 Å². The van der Waals surface area contributed by atoms with Crippen LogP contribution in [0.5, 0.6) is 0 Å². The Morgan fingerprint density at radius 3 is 2.68 bits per heavy atom. The van der Waals surface area contributed by atoms with E-state index in [4.69, 9.17) is 18.9 Å². The average Bonchev–Trinajstić information content (AvgIpc) is 3.26. The summed E-state index contributed by atoms with van der Waals surface area (Å²) in [6, 6.07) is 1.39. The van der Waals surface area contributed by atoms with E-state index in [-0.39, 0.29) is 16.6 Å². The van der Waals surface area contributed by atoms with E-state index in [1.165, 1.54) is 30.1 Å². The zero-order chi connectivity index (χ0) is 27.8. The molecule has 4 unspecified atom stereocenters. The summed E-state index contributed by atoms with van der Waals surface area (Å²) in [5, 5.41) is 34.9. The van der Waals surface area contributed by atoms with Gasteiger partial charge in [0.15, 0.2) is 12.3 Å². The number of carbonyl (C=O) groups excluding carboxylic acids is 3. The number of aliphatic hydroxyl groups excluding tert-OH is 1. The maximum Gasteiger partial charge on any atom is 0.414 e. The number of amides is 1. The second-order valence-electron chi connectivity index (χ2n) is 9.21. The zero-order valence-corrected chi connectivity index (χ0v) is 21.0. The fourth-order valence-electron chi connectivity index (χ4n) is 4.21. The molecule has 0 aliphatic carbocycles. The van der Waals surface area contributed by atoms with Gasteiger partial charge in [0.05, 0.1) is 29.8 Å². The quantitative estimate of drug-likeness (QED) is 0.243. The number of anilines is 1. The molecule has 3 aromatic rings. The molecule has 204 valence electrons. The average molecular weight is 533 g/mol. The standard InChI is InChI=1S/C23H27N5O10/c1-10(2)20(32)35-9-36-22(33)25-14-5-12-17-13(14)7-28(27-15(17)6-24-26-19(12)31)21-23(4,34)18(37-11(3)30)16(8-29)38-21/h5-7,10,16,18,21,29,34H,8-9H2,1-4H3,(H,25,33)(H,26,31). The summed E-state index contributed by atoms with van der Waals surface area (Å²) in [6.07, 6.45) is -1.80. The first-order chi connectivity index (χ1) is 17.9. The lowest BCUT2D eigenvalue weighted by atomic mass is 9.96. The van der Waals surface area contributed by atoms with Gasteiger partial charge in [-0.15, -0.1) is 0 Å². The first kappa shape index (κ1) is 27.0. The van der Waals surface area contributed by atoms with Gasteiger partial charge in [0, 0.05) is 23.9 Å². The molecule has 0 bridgehead atoms. The molecule has 15 nitrogen and oxygen atoms in total. The SMILES string of the molecule is CC(=O)OC1C(CO)OC(n2cc3c(NC(=O)OCOC(=O)C(C)C)cc4c(=O)[nH]ncc(n2)c34)C1(C)O. The lowest BCUT2D eigenvalue weighted by Crippen LogP contribution is -2.47. The minimum absolute atomic E-state index is 0.144. The molecule has 0 spiro atoms. The van der Waals surface area contributed by atoms with Crippen LogP contribution in [0.25, 0.3) is 21.7 Å². The summed E-state index contributed by atoms with van der Waals surface area (Å²) in [5.41, 5.74) is -2.06. The molecule has 1 aromatic carbocycles. The molecule has 1 fully saturated rings. The fourth-order valence-corrected chi connectivity index (χ4v) is 4.21. The number of aliphatic hydroxyl groups is 2. The number of H-pyrrole nitrogens is 1. The normalized spacial score (nSPS) is 23.1. The van der Waals surface area contributed by atoms with Crippen molar-refractivity contribution in [3.05, 3.63) is 28.8 Å². The van der Waals surface area contributed by atoms with Gasteiger partial charge >= 0.3 is 18.0 Å². The van der Waals surface area contributed by atoms with Gasteiger partial charge in [-0.2, -0.15) is 10.2 Å². The Morgan fingerprint density at radius 1 is 1.29 bits per heavy atom. The van der Waals surface area contributed by atoms with E-state index >= 15 is 0 Å². The van der Waals surface area contributed by atoms with Gasteiger partial charge in [-0.1, -0.05) is 13.8 Å². The van der Waals surface area contributed by atoms with Crippen LogP contribution < -0.4 is 10.9 Å². The topological polar surface area (TPSA) is 204 Å². The second kappa shape index (κ2) is 10.4. The number of ether oxygens (including phenoxy) is 4. The van der Waals surface area contributed by atoms with Crippen molar-refractivity contribution in [3.63, 3.8) is 0 Å². The molecule has 1 saturated heterocycles. The number of nitrogens with zero attached hydrogens (tertiary/aromatic N) is 3. The molecule has 4 N–H and O–H groups in total. The van der Waals surface area contributed by atoms with Crippen molar-refractivity contribution >= 4 is 45.4 Å². The molecule has 4 rings (SSSR count). The van der Waals surface area contributed by atoms with Crippen molar-refractivity contribution in [2.45, 2.75) is 51.7 Å². The maximum atomic E-state index is 12.6. The molecule has 4 atom stereocenters. The van der Waals surface area contributed by atoms with Gasteiger partial charge in [-0.3, -0.25) is 19.7 Å². The molecule has 0 saturated carbocycles. The van der Waals surface area contributed by atoms with Crippen molar-refractivity contribution < 1.29 is 43.5 Å². The molecule has 2 aromatic heterocycles. The largest absolute Gasteiger partial charge is 0.456 e. The Morgan fingerprint density at radius 2 is 2.03 bits per heavy atom. The van der Waals surface area contributed by atoms with E-state index in [1.54, 1.807) is 13.8 Å². The Labute approximate surface area is 214 Å². The molecule has 1 amide bonds. The van der Waals surface area contributed by atoms with Crippen LogP contribution in [-0.2, 0) is 28.5 Å². The third-order valence-electron chi connectivity index (χ3n) is 5.99. The van der Waals surface area contributed by atoms with E-state index in [9.17, 15) is 29.4 Å². The highest BCUT2D eigenvalue weighted by molar-refractivity contribution is 6.16.